The van der Waals surface area contributed by atoms with Crippen LogP contribution in [0.3, 0.4) is 0 Å². The molecule has 0 amide bonds. The lowest BCUT2D eigenvalue weighted by molar-refractivity contribution is 0.346. The quantitative estimate of drug-likeness (QED) is 0.881. The largest absolute Gasteiger partial charge is 0.378 e. The van der Waals surface area contributed by atoms with Crippen molar-refractivity contribution in [2.45, 2.75) is 30.7 Å². The van der Waals surface area contributed by atoms with E-state index in [1.54, 1.807) is 33.3 Å². The van der Waals surface area contributed by atoms with E-state index in [9.17, 15) is 8.42 Å². The summed E-state index contributed by atoms with van der Waals surface area (Å²) < 4.78 is 28.8. The molecule has 0 atom stereocenters. The predicted molar refractivity (Wildman–Crippen MR) is 94.6 cm³/mol. The summed E-state index contributed by atoms with van der Waals surface area (Å²) in [5.74, 6) is 0.782. The zero-order valence-corrected chi connectivity index (χ0v) is 15.1. The normalized spacial score (nSPS) is 16.2. The molecule has 1 aromatic heterocycles. The first kappa shape index (κ1) is 17.3. The summed E-state index contributed by atoms with van der Waals surface area (Å²) in [7, 11) is -1.58. The molecule has 0 saturated carbocycles. The molecule has 0 unspecified atom stereocenters. The first-order valence-electron chi connectivity index (χ1n) is 7.98. The van der Waals surface area contributed by atoms with E-state index in [-0.39, 0.29) is 0 Å². The molecule has 24 heavy (non-hydrogen) atoms. The van der Waals surface area contributed by atoms with Gasteiger partial charge in [0.25, 0.3) is 0 Å². The summed E-state index contributed by atoms with van der Waals surface area (Å²) in [5.41, 5.74) is 0.743. The fourth-order valence-electron chi connectivity index (χ4n) is 2.79. The summed E-state index contributed by atoms with van der Waals surface area (Å²) >= 11 is 5.97. The Hall–Kier alpha value is -1.57. The predicted octanol–water partition coefficient (Wildman–Crippen LogP) is 2.86. The third-order valence-electron chi connectivity index (χ3n) is 4.27. The second-order valence-corrected chi connectivity index (χ2v) is 8.23. The van der Waals surface area contributed by atoms with E-state index >= 15 is 0 Å². The second-order valence-electron chi connectivity index (χ2n) is 5.90. The summed E-state index contributed by atoms with van der Waals surface area (Å²) in [6.07, 6.45) is 4.55. The average molecular weight is 369 g/mol. The lowest BCUT2D eigenvalue weighted by Gasteiger charge is -2.26. The van der Waals surface area contributed by atoms with Crippen LogP contribution in [0.1, 0.15) is 25.1 Å². The number of hydrogen-bond donors (Lipinski definition) is 1. The average Bonchev–Trinajstić information content (AvgIpc) is 2.93. The second kappa shape index (κ2) is 7.13. The van der Waals surface area contributed by atoms with Gasteiger partial charge in [-0.2, -0.15) is 4.31 Å². The Bertz CT molecular complexity index is 813. The number of rotatable bonds is 5. The zero-order chi connectivity index (χ0) is 17.2. The van der Waals surface area contributed by atoms with Crippen LogP contribution in [0.4, 0.5) is 5.69 Å². The molecule has 1 N–H and O–H groups in total. The maximum absolute atomic E-state index is 12.7. The van der Waals surface area contributed by atoms with E-state index in [1.807, 2.05) is 13.1 Å². The van der Waals surface area contributed by atoms with Crippen molar-refractivity contribution in [1.82, 2.24) is 13.9 Å². The fraction of sp³-hybridized carbons (Fsp3) is 0.438. The minimum absolute atomic E-state index is 0.326. The number of anilines is 1. The standard InChI is InChI=1S/C16H21ClN4O2S/c1-20-15(17)11-19-16(20)12-18-13-6-5-7-14(10-13)24(22,23)21-8-3-2-4-9-21/h5-7,10-11,18H,2-4,8-9,12H2,1H3. The summed E-state index contributed by atoms with van der Waals surface area (Å²) in [6.45, 7) is 1.67. The number of piperidine rings is 1. The van der Waals surface area contributed by atoms with E-state index in [4.69, 9.17) is 11.6 Å². The number of imidazole rings is 1. The Kier molecular flexibility index (Phi) is 5.12. The van der Waals surface area contributed by atoms with Gasteiger partial charge in [-0.25, -0.2) is 13.4 Å². The number of hydrogen-bond acceptors (Lipinski definition) is 4. The highest BCUT2D eigenvalue weighted by Crippen LogP contribution is 2.23. The number of sulfonamides is 1. The maximum Gasteiger partial charge on any atom is 0.243 e. The molecule has 2 aromatic rings. The van der Waals surface area contributed by atoms with E-state index in [1.165, 1.54) is 0 Å². The fourth-order valence-corrected chi connectivity index (χ4v) is 4.50. The molecule has 3 rings (SSSR count). The molecule has 6 nitrogen and oxygen atoms in total. The molecule has 0 bridgehead atoms. The third-order valence-corrected chi connectivity index (χ3v) is 6.51. The van der Waals surface area contributed by atoms with Crippen molar-refractivity contribution >= 4 is 27.3 Å². The van der Waals surface area contributed by atoms with Gasteiger partial charge in [0.2, 0.25) is 10.0 Å². The van der Waals surface area contributed by atoms with Crippen LogP contribution in [0.15, 0.2) is 35.4 Å². The molecule has 1 fully saturated rings. The van der Waals surface area contributed by atoms with Gasteiger partial charge in [0.1, 0.15) is 11.0 Å². The first-order chi connectivity index (χ1) is 11.5. The monoisotopic (exact) mass is 368 g/mol. The van der Waals surface area contributed by atoms with Gasteiger partial charge in [-0.3, -0.25) is 0 Å². The van der Waals surface area contributed by atoms with Crippen molar-refractivity contribution in [3.8, 4) is 0 Å². The molecule has 1 aliphatic rings. The molecule has 1 aliphatic heterocycles. The van der Waals surface area contributed by atoms with Crippen LogP contribution in [0, 0.1) is 0 Å². The SMILES string of the molecule is Cn1c(Cl)cnc1CNc1cccc(S(=O)(=O)N2CCCCC2)c1. The lowest BCUT2D eigenvalue weighted by atomic mass is 10.2. The maximum atomic E-state index is 12.7. The van der Waals surface area contributed by atoms with Crippen molar-refractivity contribution < 1.29 is 8.42 Å². The van der Waals surface area contributed by atoms with Crippen molar-refractivity contribution in [3.63, 3.8) is 0 Å². The molecule has 1 aromatic carbocycles. The molecular weight excluding hydrogens is 348 g/mol. The van der Waals surface area contributed by atoms with E-state index in [0.29, 0.717) is 29.7 Å². The van der Waals surface area contributed by atoms with Gasteiger partial charge in [0.15, 0.2) is 0 Å². The summed E-state index contributed by atoms with van der Waals surface area (Å²) in [5, 5.41) is 3.77. The van der Waals surface area contributed by atoms with Gasteiger partial charge in [-0.15, -0.1) is 0 Å². The third kappa shape index (κ3) is 3.58. The molecule has 8 heteroatoms. The molecule has 1 saturated heterocycles. The highest BCUT2D eigenvalue weighted by molar-refractivity contribution is 7.89. The van der Waals surface area contributed by atoms with E-state index < -0.39 is 10.0 Å². The van der Waals surface area contributed by atoms with Gasteiger partial charge >= 0.3 is 0 Å². The molecule has 2 heterocycles. The Morgan fingerprint density at radius 3 is 2.67 bits per heavy atom. The van der Waals surface area contributed by atoms with Crippen molar-refractivity contribution in [2.75, 3.05) is 18.4 Å². The van der Waals surface area contributed by atoms with Crippen molar-refractivity contribution in [1.29, 1.82) is 0 Å². The van der Waals surface area contributed by atoms with Crippen LogP contribution in [0.2, 0.25) is 5.15 Å². The smallest absolute Gasteiger partial charge is 0.243 e. The van der Waals surface area contributed by atoms with Crippen LogP contribution in [0.25, 0.3) is 0 Å². The molecule has 0 aliphatic carbocycles. The minimum atomic E-state index is -3.42. The number of nitrogens with zero attached hydrogens (tertiary/aromatic N) is 3. The van der Waals surface area contributed by atoms with Gasteiger partial charge in [-0.1, -0.05) is 24.1 Å². The van der Waals surface area contributed by atoms with E-state index in [2.05, 4.69) is 10.3 Å². The van der Waals surface area contributed by atoms with E-state index in [0.717, 1.165) is 30.8 Å². The van der Waals surface area contributed by atoms with Crippen LogP contribution >= 0.6 is 11.6 Å². The molecule has 130 valence electrons. The Morgan fingerprint density at radius 2 is 2.00 bits per heavy atom. The zero-order valence-electron chi connectivity index (χ0n) is 13.6. The molecule has 0 radical (unpaired) electrons. The molecule has 0 spiro atoms. The number of nitrogens with one attached hydrogen (secondary N) is 1. The Morgan fingerprint density at radius 1 is 1.25 bits per heavy atom. The van der Waals surface area contributed by atoms with Gasteiger partial charge in [0, 0.05) is 25.8 Å². The van der Waals surface area contributed by atoms with Crippen LogP contribution in [-0.2, 0) is 23.6 Å². The summed E-state index contributed by atoms with van der Waals surface area (Å²) in [4.78, 5) is 4.54. The Balaban J connectivity index is 1.75. The topological polar surface area (TPSA) is 67.2 Å². The van der Waals surface area contributed by atoms with Crippen LogP contribution in [0.5, 0.6) is 0 Å². The summed E-state index contributed by atoms with van der Waals surface area (Å²) in [6, 6.07) is 6.92. The number of aromatic nitrogens is 2. The number of halogens is 1. The van der Waals surface area contributed by atoms with Crippen molar-refractivity contribution in [3.05, 3.63) is 41.4 Å². The van der Waals surface area contributed by atoms with Gasteiger partial charge < -0.3 is 9.88 Å². The first-order valence-corrected chi connectivity index (χ1v) is 9.80. The lowest BCUT2D eigenvalue weighted by Crippen LogP contribution is -2.35. The highest BCUT2D eigenvalue weighted by Gasteiger charge is 2.25. The van der Waals surface area contributed by atoms with Crippen molar-refractivity contribution in [2.24, 2.45) is 7.05 Å². The van der Waals surface area contributed by atoms with Crippen LogP contribution in [-0.4, -0.2) is 35.4 Å². The van der Waals surface area contributed by atoms with Crippen LogP contribution < -0.4 is 5.32 Å². The van der Waals surface area contributed by atoms with Gasteiger partial charge in [-0.05, 0) is 31.0 Å². The minimum Gasteiger partial charge on any atom is -0.378 e. The highest BCUT2D eigenvalue weighted by atomic mass is 35.5. The molecular formula is C16H21ClN4O2S. The Labute approximate surface area is 147 Å². The van der Waals surface area contributed by atoms with Gasteiger partial charge in [0.05, 0.1) is 17.6 Å². The number of benzene rings is 1.